The van der Waals surface area contributed by atoms with Crippen LogP contribution < -0.4 is 0 Å². The van der Waals surface area contributed by atoms with Gasteiger partial charge in [0.25, 0.3) is 0 Å². The molecule has 0 radical (unpaired) electrons. The van der Waals surface area contributed by atoms with E-state index in [2.05, 4.69) is 4.90 Å². The number of ether oxygens (including phenoxy) is 2. The summed E-state index contributed by atoms with van der Waals surface area (Å²) in [5.74, 6) is -0.220. The van der Waals surface area contributed by atoms with Gasteiger partial charge in [0.1, 0.15) is 6.10 Å². The molecule has 0 spiro atoms. The largest absolute Gasteiger partial charge is 0.466 e. The van der Waals surface area contributed by atoms with Gasteiger partial charge >= 0.3 is 11.9 Å². The Morgan fingerprint density at radius 3 is 2.60 bits per heavy atom. The smallest absolute Gasteiger partial charge is 0.333 e. The highest BCUT2D eigenvalue weighted by Gasteiger charge is 2.46. The van der Waals surface area contributed by atoms with Crippen LogP contribution in [0.25, 0.3) is 0 Å². The van der Waals surface area contributed by atoms with E-state index in [0.29, 0.717) is 12.2 Å². The minimum absolute atomic E-state index is 0.0829. The van der Waals surface area contributed by atoms with Crippen molar-refractivity contribution in [1.82, 2.24) is 4.90 Å². The number of nitrogens with zero attached hydrogens (tertiary/aromatic N) is 1. The summed E-state index contributed by atoms with van der Waals surface area (Å²) < 4.78 is 10.8. The van der Waals surface area contributed by atoms with Gasteiger partial charge < -0.3 is 9.47 Å². The quantitative estimate of drug-likeness (QED) is 0.577. The van der Waals surface area contributed by atoms with Crippen molar-refractivity contribution >= 4 is 11.9 Å². The lowest BCUT2D eigenvalue weighted by Gasteiger charge is -2.26. The lowest BCUT2D eigenvalue weighted by atomic mass is 9.97. The van der Waals surface area contributed by atoms with Crippen LogP contribution in [-0.2, 0) is 19.1 Å². The Morgan fingerprint density at radius 2 is 1.95 bits per heavy atom. The molecule has 0 N–H and O–H groups in total. The molecular formula is C15H23NO4. The molecule has 20 heavy (non-hydrogen) atoms. The van der Waals surface area contributed by atoms with Crippen LogP contribution in [0.2, 0.25) is 0 Å². The number of hydrogen-bond acceptors (Lipinski definition) is 5. The predicted molar refractivity (Wildman–Crippen MR) is 74.0 cm³/mol. The molecule has 3 unspecified atom stereocenters. The first-order valence-electron chi connectivity index (χ1n) is 7.24. The maximum absolute atomic E-state index is 11.9. The molecular weight excluding hydrogens is 258 g/mol. The minimum Gasteiger partial charge on any atom is -0.466 e. The van der Waals surface area contributed by atoms with Crippen molar-refractivity contribution in [3.63, 3.8) is 0 Å². The fourth-order valence-corrected chi connectivity index (χ4v) is 3.10. The predicted octanol–water partition coefficient (Wildman–Crippen LogP) is 1.52. The van der Waals surface area contributed by atoms with Crippen molar-refractivity contribution < 1.29 is 19.1 Å². The summed E-state index contributed by atoms with van der Waals surface area (Å²) in [6, 6.07) is 0.197. The third-order valence-corrected chi connectivity index (χ3v) is 4.29. The second kappa shape index (κ2) is 6.39. The highest BCUT2D eigenvalue weighted by molar-refractivity contribution is 5.87. The van der Waals surface area contributed by atoms with E-state index in [0.717, 1.165) is 25.9 Å². The van der Waals surface area contributed by atoms with E-state index in [-0.39, 0.29) is 30.0 Å². The Balaban J connectivity index is 1.97. The monoisotopic (exact) mass is 281 g/mol. The van der Waals surface area contributed by atoms with Crippen molar-refractivity contribution in [2.75, 3.05) is 19.7 Å². The van der Waals surface area contributed by atoms with Gasteiger partial charge in [-0.05, 0) is 33.2 Å². The van der Waals surface area contributed by atoms with E-state index in [1.807, 2.05) is 6.92 Å². The molecule has 2 aliphatic rings. The Hall–Kier alpha value is -1.36. The number of carbonyl (C=O) groups is 2. The molecule has 0 aromatic heterocycles. The number of esters is 2. The maximum Gasteiger partial charge on any atom is 0.333 e. The number of carbonyl (C=O) groups excluding carboxylic acids is 2. The van der Waals surface area contributed by atoms with Crippen LogP contribution in [0.15, 0.2) is 11.6 Å². The average Bonchev–Trinajstić information content (AvgIpc) is 2.98. The lowest BCUT2D eigenvalue weighted by Crippen LogP contribution is -2.38. The Morgan fingerprint density at radius 1 is 1.25 bits per heavy atom. The first-order chi connectivity index (χ1) is 9.52. The summed E-state index contributed by atoms with van der Waals surface area (Å²) in [5.41, 5.74) is 0.637. The summed E-state index contributed by atoms with van der Waals surface area (Å²) in [5, 5.41) is 0. The van der Waals surface area contributed by atoms with Crippen LogP contribution >= 0.6 is 0 Å². The van der Waals surface area contributed by atoms with Crippen LogP contribution in [0.1, 0.15) is 33.6 Å². The number of allylic oxidation sites excluding steroid dienone is 1. The second-order valence-electron chi connectivity index (χ2n) is 5.58. The van der Waals surface area contributed by atoms with Crippen LogP contribution in [0.5, 0.6) is 0 Å². The fraction of sp³-hybridized carbons (Fsp3) is 0.733. The zero-order chi connectivity index (χ0) is 14.7. The van der Waals surface area contributed by atoms with Gasteiger partial charge in [0.2, 0.25) is 0 Å². The molecule has 5 nitrogen and oxygen atoms in total. The molecule has 0 aromatic rings. The van der Waals surface area contributed by atoms with Gasteiger partial charge in [-0.1, -0.05) is 6.08 Å². The molecule has 3 atom stereocenters. The van der Waals surface area contributed by atoms with Gasteiger partial charge in [-0.25, -0.2) is 4.79 Å². The van der Waals surface area contributed by atoms with Crippen LogP contribution in [0.3, 0.4) is 0 Å². The molecule has 112 valence electrons. The van der Waals surface area contributed by atoms with Crippen molar-refractivity contribution in [3.05, 3.63) is 11.6 Å². The fourth-order valence-electron chi connectivity index (χ4n) is 3.10. The van der Waals surface area contributed by atoms with E-state index < -0.39 is 0 Å². The summed E-state index contributed by atoms with van der Waals surface area (Å²) in [6.45, 7) is 7.39. The molecule has 0 saturated carbocycles. The zero-order valence-corrected chi connectivity index (χ0v) is 12.4. The van der Waals surface area contributed by atoms with E-state index >= 15 is 0 Å². The standard InChI is InChI=1S/C15H23NO4/c1-4-10(2)15(18)20-13-6-8-16-7-5-12(14(13)16)9-19-11(3)17/h4,12-14H,5-9H2,1-3H3. The third kappa shape index (κ3) is 3.20. The van der Waals surface area contributed by atoms with Crippen molar-refractivity contribution in [2.24, 2.45) is 5.92 Å². The molecule has 2 rings (SSSR count). The highest BCUT2D eigenvalue weighted by Crippen LogP contribution is 2.35. The summed E-state index contributed by atoms with van der Waals surface area (Å²) in [6.07, 6.45) is 3.54. The normalized spacial score (nSPS) is 30.1. The summed E-state index contributed by atoms with van der Waals surface area (Å²) >= 11 is 0. The van der Waals surface area contributed by atoms with Gasteiger partial charge in [-0.3, -0.25) is 9.69 Å². The minimum atomic E-state index is -0.250. The number of hydrogen-bond donors (Lipinski definition) is 0. The van der Waals surface area contributed by atoms with Crippen molar-refractivity contribution in [1.29, 1.82) is 0 Å². The molecule has 0 amide bonds. The Bertz CT molecular complexity index is 418. The van der Waals surface area contributed by atoms with Crippen LogP contribution in [-0.4, -0.2) is 48.7 Å². The van der Waals surface area contributed by atoms with E-state index in [1.165, 1.54) is 6.92 Å². The first-order valence-corrected chi connectivity index (χ1v) is 7.24. The Labute approximate surface area is 119 Å². The summed E-state index contributed by atoms with van der Waals surface area (Å²) in [4.78, 5) is 25.2. The zero-order valence-electron chi connectivity index (χ0n) is 12.4. The molecule has 2 fully saturated rings. The highest BCUT2D eigenvalue weighted by atomic mass is 16.5. The molecule has 0 aromatic carbocycles. The van der Waals surface area contributed by atoms with Gasteiger partial charge in [-0.2, -0.15) is 0 Å². The third-order valence-electron chi connectivity index (χ3n) is 4.29. The Kier molecular flexibility index (Phi) is 4.81. The second-order valence-corrected chi connectivity index (χ2v) is 5.58. The first kappa shape index (κ1) is 15.0. The van der Waals surface area contributed by atoms with Gasteiger partial charge in [0.05, 0.1) is 12.6 Å². The number of fused-ring (bicyclic) bond motifs is 1. The topological polar surface area (TPSA) is 55.8 Å². The van der Waals surface area contributed by atoms with E-state index in [4.69, 9.17) is 9.47 Å². The molecule has 2 heterocycles. The molecule has 2 saturated heterocycles. The molecule has 5 heteroatoms. The van der Waals surface area contributed by atoms with Crippen molar-refractivity contribution in [3.8, 4) is 0 Å². The van der Waals surface area contributed by atoms with Gasteiger partial charge in [-0.15, -0.1) is 0 Å². The molecule has 0 bridgehead atoms. The van der Waals surface area contributed by atoms with E-state index in [1.54, 1.807) is 13.0 Å². The summed E-state index contributed by atoms with van der Waals surface area (Å²) in [7, 11) is 0. The molecule has 2 aliphatic heterocycles. The average molecular weight is 281 g/mol. The lowest BCUT2D eigenvalue weighted by molar-refractivity contribution is -0.148. The van der Waals surface area contributed by atoms with E-state index in [9.17, 15) is 9.59 Å². The molecule has 0 aliphatic carbocycles. The van der Waals surface area contributed by atoms with Gasteiger partial charge in [0.15, 0.2) is 0 Å². The maximum atomic E-state index is 11.9. The van der Waals surface area contributed by atoms with Crippen LogP contribution in [0.4, 0.5) is 0 Å². The van der Waals surface area contributed by atoms with Gasteiger partial charge in [0, 0.05) is 25.0 Å². The SMILES string of the molecule is CC=C(C)C(=O)OC1CCN2CCC(COC(C)=O)C12. The number of rotatable bonds is 4. The van der Waals surface area contributed by atoms with Crippen molar-refractivity contribution in [2.45, 2.75) is 45.8 Å². The van der Waals surface area contributed by atoms with Crippen LogP contribution in [0, 0.1) is 5.92 Å².